The second kappa shape index (κ2) is 10.5. The average Bonchev–Trinajstić information content (AvgIpc) is 3.29. The van der Waals surface area contributed by atoms with Gasteiger partial charge >= 0.3 is 0 Å². The number of aromatic amines is 1. The summed E-state index contributed by atoms with van der Waals surface area (Å²) in [7, 11) is 3.09. The van der Waals surface area contributed by atoms with Gasteiger partial charge in [0.25, 0.3) is 0 Å². The van der Waals surface area contributed by atoms with Crippen LogP contribution in [0.5, 0.6) is 11.5 Å². The third-order valence-electron chi connectivity index (χ3n) is 8.00. The quantitative estimate of drug-likeness (QED) is 0.267. The van der Waals surface area contributed by atoms with Crippen molar-refractivity contribution >= 4 is 28.4 Å². The van der Waals surface area contributed by atoms with E-state index >= 15 is 0 Å². The summed E-state index contributed by atoms with van der Waals surface area (Å²) >= 11 is 0. The topological polar surface area (TPSA) is 96.8 Å². The number of amides is 2. The highest BCUT2D eigenvalue weighted by molar-refractivity contribution is 5.96. The number of fused-ring (bicyclic) bond motifs is 1. The number of anilines is 1. The molecule has 0 aliphatic heterocycles. The van der Waals surface area contributed by atoms with Gasteiger partial charge in [-0.1, -0.05) is 32.0 Å². The number of nitrogens with zero attached hydrogens (tertiary/aromatic N) is 1. The number of carbonyl (C=O) groups excluding carboxylic acids is 2. The SMILES string of the molecule is COc1ccc(NC(=O)CN(Cc2ccco2)C(=O)C[C@@H]2[C@@H](c3c(C)[nH]c4ccccc34)C2(C)C)c(OC)c1. The van der Waals surface area contributed by atoms with Crippen LogP contribution in [0.3, 0.4) is 0 Å². The van der Waals surface area contributed by atoms with Crippen molar-refractivity contribution in [1.82, 2.24) is 9.88 Å². The predicted molar refractivity (Wildman–Crippen MR) is 150 cm³/mol. The van der Waals surface area contributed by atoms with E-state index in [1.807, 2.05) is 12.1 Å². The molecule has 0 spiro atoms. The van der Waals surface area contributed by atoms with Gasteiger partial charge in [-0.3, -0.25) is 9.59 Å². The van der Waals surface area contributed by atoms with Crippen molar-refractivity contribution < 1.29 is 23.5 Å². The maximum absolute atomic E-state index is 13.7. The predicted octanol–water partition coefficient (Wildman–Crippen LogP) is 5.88. The molecule has 5 rings (SSSR count). The van der Waals surface area contributed by atoms with Crippen LogP contribution in [0.2, 0.25) is 0 Å². The van der Waals surface area contributed by atoms with Crippen LogP contribution in [0.4, 0.5) is 5.69 Å². The van der Waals surface area contributed by atoms with Crippen molar-refractivity contribution in [2.75, 3.05) is 26.1 Å². The zero-order valence-corrected chi connectivity index (χ0v) is 23.0. The first-order valence-electron chi connectivity index (χ1n) is 13.1. The van der Waals surface area contributed by atoms with E-state index in [2.05, 4.69) is 49.3 Å². The Hall–Kier alpha value is -4.20. The van der Waals surface area contributed by atoms with E-state index in [0.29, 0.717) is 29.4 Å². The highest BCUT2D eigenvalue weighted by Gasteiger charge is 2.59. The molecule has 0 saturated heterocycles. The summed E-state index contributed by atoms with van der Waals surface area (Å²) in [6.07, 6.45) is 1.91. The van der Waals surface area contributed by atoms with Crippen molar-refractivity contribution in [3.05, 3.63) is 77.9 Å². The molecule has 2 heterocycles. The van der Waals surface area contributed by atoms with E-state index in [9.17, 15) is 9.59 Å². The second-order valence-corrected chi connectivity index (χ2v) is 10.8. The summed E-state index contributed by atoms with van der Waals surface area (Å²) in [6.45, 7) is 6.64. The number of para-hydroxylation sites is 1. The van der Waals surface area contributed by atoms with Crippen LogP contribution in [0.1, 0.15) is 43.2 Å². The van der Waals surface area contributed by atoms with E-state index in [1.54, 1.807) is 42.5 Å². The van der Waals surface area contributed by atoms with Crippen LogP contribution < -0.4 is 14.8 Å². The van der Waals surface area contributed by atoms with Crippen molar-refractivity contribution in [1.29, 1.82) is 0 Å². The molecule has 0 unspecified atom stereocenters. The van der Waals surface area contributed by atoms with Crippen molar-refractivity contribution in [3.63, 3.8) is 0 Å². The number of aryl methyl sites for hydroxylation is 1. The van der Waals surface area contributed by atoms with Gasteiger partial charge in [-0.25, -0.2) is 0 Å². The highest BCUT2D eigenvalue weighted by Crippen LogP contribution is 2.67. The van der Waals surface area contributed by atoms with Gasteiger partial charge in [-0.15, -0.1) is 0 Å². The molecule has 2 atom stereocenters. The van der Waals surface area contributed by atoms with E-state index in [-0.39, 0.29) is 42.2 Å². The maximum Gasteiger partial charge on any atom is 0.244 e. The summed E-state index contributed by atoms with van der Waals surface area (Å²) in [6, 6.07) is 17.1. The number of furan rings is 1. The number of rotatable bonds is 10. The number of nitrogens with one attached hydrogen (secondary N) is 2. The van der Waals surface area contributed by atoms with Gasteiger partial charge in [0.2, 0.25) is 11.8 Å². The van der Waals surface area contributed by atoms with E-state index in [0.717, 1.165) is 11.2 Å². The van der Waals surface area contributed by atoms with Gasteiger partial charge in [-0.05, 0) is 60.1 Å². The molecule has 0 radical (unpaired) electrons. The van der Waals surface area contributed by atoms with Crippen molar-refractivity contribution in [2.45, 2.75) is 39.7 Å². The lowest BCUT2D eigenvalue weighted by molar-refractivity contribution is -0.136. The normalized spacial score (nSPS) is 17.6. The van der Waals surface area contributed by atoms with Crippen LogP contribution in [0, 0.1) is 18.3 Å². The number of carbonyl (C=O) groups is 2. The largest absolute Gasteiger partial charge is 0.497 e. The van der Waals surface area contributed by atoms with Crippen molar-refractivity contribution in [3.8, 4) is 11.5 Å². The number of hydrogen-bond donors (Lipinski definition) is 2. The monoisotopic (exact) mass is 529 g/mol. The Morgan fingerprint density at radius 1 is 1.08 bits per heavy atom. The fourth-order valence-electron chi connectivity index (χ4n) is 5.80. The molecule has 39 heavy (non-hydrogen) atoms. The molecule has 1 aliphatic rings. The number of hydrogen-bond acceptors (Lipinski definition) is 5. The lowest BCUT2D eigenvalue weighted by Crippen LogP contribution is -2.37. The number of H-pyrrole nitrogens is 1. The summed E-state index contributed by atoms with van der Waals surface area (Å²) < 4.78 is 16.2. The molecule has 2 N–H and O–H groups in total. The molecule has 1 fully saturated rings. The van der Waals surface area contributed by atoms with Gasteiger partial charge < -0.3 is 29.1 Å². The lowest BCUT2D eigenvalue weighted by Gasteiger charge is -2.22. The molecular formula is C31H35N3O5. The number of methoxy groups -OCH3 is 2. The molecule has 1 aliphatic carbocycles. The Bertz CT molecular complexity index is 1490. The Morgan fingerprint density at radius 2 is 1.87 bits per heavy atom. The minimum absolute atomic E-state index is 0.0412. The first-order chi connectivity index (χ1) is 18.7. The number of benzene rings is 2. The molecule has 204 valence electrons. The summed E-state index contributed by atoms with van der Waals surface area (Å²) in [5, 5.41) is 4.08. The molecule has 8 heteroatoms. The minimum Gasteiger partial charge on any atom is -0.497 e. The van der Waals surface area contributed by atoms with Crippen LogP contribution in [-0.4, -0.2) is 42.5 Å². The lowest BCUT2D eigenvalue weighted by atomic mass is 10.0. The number of aromatic nitrogens is 1. The fraction of sp³-hybridized carbons (Fsp3) is 0.355. The molecule has 8 nitrogen and oxygen atoms in total. The first-order valence-corrected chi connectivity index (χ1v) is 13.1. The minimum atomic E-state index is -0.322. The van der Waals surface area contributed by atoms with Crippen LogP contribution in [-0.2, 0) is 16.1 Å². The molecule has 1 saturated carbocycles. The van der Waals surface area contributed by atoms with E-state index in [4.69, 9.17) is 13.9 Å². The molecular weight excluding hydrogens is 494 g/mol. The van der Waals surface area contributed by atoms with Gasteiger partial charge in [0.15, 0.2) is 0 Å². The fourth-order valence-corrected chi connectivity index (χ4v) is 5.80. The molecule has 2 amide bonds. The zero-order chi connectivity index (χ0) is 27.7. The zero-order valence-electron chi connectivity index (χ0n) is 23.0. The maximum atomic E-state index is 13.7. The number of ether oxygens (including phenoxy) is 2. The summed E-state index contributed by atoms with van der Waals surface area (Å²) in [5.74, 6) is 1.72. The third kappa shape index (κ3) is 5.24. The average molecular weight is 530 g/mol. The summed E-state index contributed by atoms with van der Waals surface area (Å²) in [5.41, 5.74) is 4.01. The van der Waals surface area contributed by atoms with Gasteiger partial charge in [-0.2, -0.15) is 0 Å². The summed E-state index contributed by atoms with van der Waals surface area (Å²) in [4.78, 5) is 31.9. The smallest absolute Gasteiger partial charge is 0.244 e. The van der Waals surface area contributed by atoms with Crippen LogP contribution in [0.25, 0.3) is 10.9 Å². The van der Waals surface area contributed by atoms with Crippen LogP contribution >= 0.6 is 0 Å². The molecule has 2 aromatic heterocycles. The first kappa shape index (κ1) is 26.4. The molecule has 4 aromatic rings. The van der Waals surface area contributed by atoms with Crippen LogP contribution in [0.15, 0.2) is 65.3 Å². The Kier molecular flexibility index (Phi) is 7.12. The second-order valence-electron chi connectivity index (χ2n) is 10.8. The molecule has 0 bridgehead atoms. The van der Waals surface area contributed by atoms with Gasteiger partial charge in [0, 0.05) is 29.1 Å². The molecule has 2 aromatic carbocycles. The Labute approximate surface area is 228 Å². The standard InChI is InChI=1S/C31H35N3O5/c1-19-29(22-10-6-7-11-24(22)32-19)30-23(31(30,2)3)16-28(36)34(17-21-9-8-14-39-21)18-27(35)33-25-13-12-20(37-4)15-26(25)38-5/h6-15,23,30,32H,16-18H2,1-5H3,(H,33,35)/t23-,30+/m1/s1. The van der Waals surface area contributed by atoms with E-state index in [1.165, 1.54) is 18.1 Å². The van der Waals surface area contributed by atoms with Crippen molar-refractivity contribution in [2.24, 2.45) is 11.3 Å². The highest BCUT2D eigenvalue weighted by atomic mass is 16.5. The van der Waals surface area contributed by atoms with E-state index < -0.39 is 0 Å². The van der Waals surface area contributed by atoms with Gasteiger partial charge in [0.1, 0.15) is 23.8 Å². The Balaban J connectivity index is 1.33. The third-order valence-corrected chi connectivity index (χ3v) is 8.00. The Morgan fingerprint density at radius 3 is 2.59 bits per heavy atom. The van der Waals surface area contributed by atoms with Gasteiger partial charge in [0.05, 0.1) is 32.7 Å².